The van der Waals surface area contributed by atoms with Crippen molar-refractivity contribution in [3.05, 3.63) is 35.9 Å². The summed E-state index contributed by atoms with van der Waals surface area (Å²) in [4.78, 5) is 11.1. The van der Waals surface area contributed by atoms with Crippen LogP contribution in [-0.4, -0.2) is 33.3 Å². The minimum Gasteiger partial charge on any atom is -0.480 e. The average molecular weight is 254 g/mol. The fourth-order valence-corrected chi connectivity index (χ4v) is 2.64. The van der Waals surface area contributed by atoms with Crippen molar-refractivity contribution >= 4 is 17.7 Å². The zero-order chi connectivity index (χ0) is 12.7. The number of carboxylic acids is 1. The molecule has 0 aromatic heterocycles. The molecule has 1 aromatic rings. The minimum atomic E-state index is -0.788. The number of carbonyl (C=O) groups is 1. The number of hydrogen-bond donors (Lipinski definition) is 2. The Labute approximate surface area is 106 Å². The highest BCUT2D eigenvalue weighted by atomic mass is 32.2. The second kappa shape index (κ2) is 7.35. The Morgan fingerprint density at radius 3 is 2.53 bits per heavy atom. The van der Waals surface area contributed by atoms with Crippen LogP contribution in [0.25, 0.3) is 0 Å². The lowest BCUT2D eigenvalue weighted by Crippen LogP contribution is -2.20. The summed E-state index contributed by atoms with van der Waals surface area (Å²) in [5.74, 6) is -0.119. The van der Waals surface area contributed by atoms with Gasteiger partial charge in [0.05, 0.1) is 6.10 Å². The van der Waals surface area contributed by atoms with Crippen LogP contribution in [0.4, 0.5) is 0 Å². The molecular weight excluding hydrogens is 236 g/mol. The van der Waals surface area contributed by atoms with E-state index in [9.17, 15) is 4.79 Å². The van der Waals surface area contributed by atoms with Gasteiger partial charge in [0, 0.05) is 0 Å². The highest BCUT2D eigenvalue weighted by molar-refractivity contribution is 8.00. The van der Waals surface area contributed by atoms with Crippen molar-refractivity contribution in [2.75, 3.05) is 5.75 Å². The first kappa shape index (κ1) is 14.1. The Hall–Kier alpha value is -1.00. The summed E-state index contributed by atoms with van der Waals surface area (Å²) in [5.41, 5.74) is 1.03. The maximum absolute atomic E-state index is 11.1. The molecule has 94 valence electrons. The number of aliphatic carboxylic acids is 1. The molecule has 2 unspecified atom stereocenters. The van der Waals surface area contributed by atoms with Crippen molar-refractivity contribution in [1.82, 2.24) is 0 Å². The molecule has 0 saturated carbocycles. The fraction of sp³-hybridized carbons (Fsp3) is 0.462. The summed E-state index contributed by atoms with van der Waals surface area (Å²) in [7, 11) is 0. The Morgan fingerprint density at radius 2 is 2.00 bits per heavy atom. The predicted octanol–water partition coefficient (Wildman–Crippen LogP) is 2.19. The third-order valence-electron chi connectivity index (χ3n) is 2.39. The lowest BCUT2D eigenvalue weighted by atomic mass is 10.1. The Balaban J connectivity index is 2.47. The summed E-state index contributed by atoms with van der Waals surface area (Å²) < 4.78 is 0. The first-order valence-electron chi connectivity index (χ1n) is 5.66. The number of rotatable bonds is 7. The average Bonchev–Trinajstić information content (AvgIpc) is 2.28. The van der Waals surface area contributed by atoms with Crippen molar-refractivity contribution in [2.24, 2.45) is 0 Å². The van der Waals surface area contributed by atoms with Crippen LogP contribution in [-0.2, 0) is 11.2 Å². The van der Waals surface area contributed by atoms with Crippen LogP contribution in [0.5, 0.6) is 0 Å². The van der Waals surface area contributed by atoms with E-state index in [1.807, 2.05) is 30.3 Å². The summed E-state index contributed by atoms with van der Waals surface area (Å²) in [6, 6.07) is 9.61. The summed E-state index contributed by atoms with van der Waals surface area (Å²) in [5, 5.41) is 17.8. The highest BCUT2D eigenvalue weighted by Crippen LogP contribution is 2.18. The van der Waals surface area contributed by atoms with Gasteiger partial charge in [-0.15, -0.1) is 11.8 Å². The molecule has 0 aliphatic carbocycles. The molecule has 0 bridgehead atoms. The molecule has 2 atom stereocenters. The first-order valence-corrected chi connectivity index (χ1v) is 6.71. The van der Waals surface area contributed by atoms with Gasteiger partial charge in [-0.05, 0) is 31.1 Å². The molecule has 0 saturated heterocycles. The smallest absolute Gasteiger partial charge is 0.316 e. The zero-order valence-electron chi connectivity index (χ0n) is 9.87. The summed E-state index contributed by atoms with van der Waals surface area (Å²) in [6.45, 7) is 1.72. The molecule has 0 radical (unpaired) electrons. The van der Waals surface area contributed by atoms with E-state index in [1.54, 1.807) is 6.92 Å². The topological polar surface area (TPSA) is 57.5 Å². The van der Waals surface area contributed by atoms with E-state index in [1.165, 1.54) is 11.8 Å². The minimum absolute atomic E-state index is 0.367. The van der Waals surface area contributed by atoms with Crippen molar-refractivity contribution < 1.29 is 15.0 Å². The van der Waals surface area contributed by atoms with Gasteiger partial charge in [-0.25, -0.2) is 0 Å². The Kier molecular flexibility index (Phi) is 6.08. The number of aliphatic hydroxyl groups excluding tert-OH is 1. The van der Waals surface area contributed by atoms with Gasteiger partial charge in [-0.1, -0.05) is 30.3 Å². The third-order valence-corrected chi connectivity index (χ3v) is 3.64. The van der Waals surface area contributed by atoms with Crippen molar-refractivity contribution in [1.29, 1.82) is 0 Å². The lowest BCUT2D eigenvalue weighted by molar-refractivity contribution is -0.136. The molecule has 0 heterocycles. The van der Waals surface area contributed by atoms with Crippen LogP contribution in [0.2, 0.25) is 0 Å². The molecule has 0 spiro atoms. The highest BCUT2D eigenvalue weighted by Gasteiger charge is 2.18. The molecule has 4 heteroatoms. The largest absolute Gasteiger partial charge is 0.480 e. The quantitative estimate of drug-likeness (QED) is 0.783. The number of hydrogen-bond acceptors (Lipinski definition) is 3. The van der Waals surface area contributed by atoms with E-state index in [2.05, 4.69) is 0 Å². The molecule has 0 aliphatic heterocycles. The molecule has 2 N–H and O–H groups in total. The van der Waals surface area contributed by atoms with Crippen LogP contribution in [0.15, 0.2) is 30.3 Å². The number of thioether (sulfide) groups is 1. The van der Waals surface area contributed by atoms with E-state index < -0.39 is 11.2 Å². The second-order valence-corrected chi connectivity index (χ2v) is 5.34. The number of carboxylic acid groups (broad SMARTS) is 1. The van der Waals surface area contributed by atoms with Gasteiger partial charge in [0.15, 0.2) is 0 Å². The van der Waals surface area contributed by atoms with Crippen LogP contribution in [0.1, 0.15) is 18.9 Å². The molecular formula is C13H18O3S. The Bertz CT molecular complexity index is 338. The molecule has 1 rings (SSSR count). The van der Waals surface area contributed by atoms with Crippen molar-refractivity contribution in [3.8, 4) is 0 Å². The first-order chi connectivity index (χ1) is 8.09. The number of benzene rings is 1. The van der Waals surface area contributed by atoms with E-state index in [-0.39, 0.29) is 6.10 Å². The SMILES string of the molecule is CC(O)CCSC(Cc1ccccc1)C(=O)O. The second-order valence-electron chi connectivity index (χ2n) is 4.03. The molecule has 3 nitrogen and oxygen atoms in total. The molecule has 17 heavy (non-hydrogen) atoms. The zero-order valence-corrected chi connectivity index (χ0v) is 10.7. The standard InChI is InChI=1S/C13H18O3S/c1-10(14)7-8-17-12(13(15)16)9-11-5-3-2-4-6-11/h2-6,10,12,14H,7-9H2,1H3,(H,15,16). The maximum atomic E-state index is 11.1. The molecule has 0 amide bonds. The summed E-state index contributed by atoms with van der Waals surface area (Å²) >= 11 is 1.39. The molecule has 1 aromatic carbocycles. The van der Waals surface area contributed by atoms with E-state index in [0.717, 1.165) is 5.56 Å². The van der Waals surface area contributed by atoms with Gasteiger partial charge in [0.25, 0.3) is 0 Å². The van der Waals surface area contributed by atoms with Gasteiger partial charge >= 0.3 is 5.97 Å². The van der Waals surface area contributed by atoms with Crippen molar-refractivity contribution in [3.63, 3.8) is 0 Å². The van der Waals surface area contributed by atoms with Gasteiger partial charge in [0.2, 0.25) is 0 Å². The third kappa shape index (κ3) is 5.75. The predicted molar refractivity (Wildman–Crippen MR) is 70.3 cm³/mol. The fourth-order valence-electron chi connectivity index (χ4n) is 1.43. The monoisotopic (exact) mass is 254 g/mol. The van der Waals surface area contributed by atoms with Gasteiger partial charge in [-0.3, -0.25) is 4.79 Å². The Morgan fingerprint density at radius 1 is 1.35 bits per heavy atom. The van der Waals surface area contributed by atoms with Gasteiger partial charge in [-0.2, -0.15) is 0 Å². The lowest BCUT2D eigenvalue weighted by Gasteiger charge is -2.12. The van der Waals surface area contributed by atoms with E-state index in [0.29, 0.717) is 18.6 Å². The van der Waals surface area contributed by atoms with Crippen LogP contribution in [0.3, 0.4) is 0 Å². The van der Waals surface area contributed by atoms with Gasteiger partial charge < -0.3 is 10.2 Å². The van der Waals surface area contributed by atoms with Crippen LogP contribution >= 0.6 is 11.8 Å². The molecule has 0 aliphatic rings. The van der Waals surface area contributed by atoms with Crippen LogP contribution < -0.4 is 0 Å². The van der Waals surface area contributed by atoms with E-state index in [4.69, 9.17) is 10.2 Å². The number of aliphatic hydroxyl groups is 1. The summed E-state index contributed by atoms with van der Waals surface area (Å²) in [6.07, 6.45) is 0.790. The van der Waals surface area contributed by atoms with E-state index >= 15 is 0 Å². The van der Waals surface area contributed by atoms with Crippen molar-refractivity contribution in [2.45, 2.75) is 31.1 Å². The van der Waals surface area contributed by atoms with Gasteiger partial charge in [0.1, 0.15) is 5.25 Å². The maximum Gasteiger partial charge on any atom is 0.316 e. The normalized spacial score (nSPS) is 14.2. The molecule has 0 fully saturated rings. The van der Waals surface area contributed by atoms with Crippen LogP contribution in [0, 0.1) is 0 Å².